The number of aliphatic hydroxyl groups excluding tert-OH is 2. The molecule has 2 N–H and O–H groups in total. The number of ether oxygens (including phenoxy) is 3. The summed E-state index contributed by atoms with van der Waals surface area (Å²) in [4.78, 5) is 13.0. The molecule has 3 heterocycles. The molecule has 2 fully saturated rings. The normalized spacial score (nSPS) is 27.5. The van der Waals surface area contributed by atoms with E-state index in [2.05, 4.69) is 10.3 Å². The van der Waals surface area contributed by atoms with Crippen molar-refractivity contribution in [1.29, 1.82) is 0 Å². The minimum Gasteiger partial charge on any atom is -0.451 e. The molecule has 2 aliphatic heterocycles. The molecule has 0 radical (unpaired) electrons. The quantitative estimate of drug-likeness (QED) is 0.298. The number of esters is 1. The van der Waals surface area contributed by atoms with Gasteiger partial charge in [-0.1, -0.05) is 11.3 Å². The molecule has 0 aliphatic carbocycles. The number of aliphatic hydroxyl groups is 2. The highest BCUT2D eigenvalue weighted by atomic mass is 19.2. The van der Waals surface area contributed by atoms with Gasteiger partial charge in [-0.05, 0) is 36.8 Å². The zero-order valence-corrected chi connectivity index (χ0v) is 19.1. The molecule has 9 nitrogen and oxygen atoms in total. The number of halogens is 4. The van der Waals surface area contributed by atoms with Crippen molar-refractivity contribution in [2.75, 3.05) is 13.2 Å². The molecule has 2 saturated heterocycles. The molecule has 2 aliphatic rings. The Kier molecular flexibility index (Phi) is 6.70. The zero-order chi connectivity index (χ0) is 26.3. The van der Waals surface area contributed by atoms with Gasteiger partial charge < -0.3 is 24.4 Å². The van der Waals surface area contributed by atoms with Gasteiger partial charge in [0.1, 0.15) is 29.8 Å². The minimum atomic E-state index is -1.65. The summed E-state index contributed by atoms with van der Waals surface area (Å²) in [6.07, 6.45) is -2.11. The number of hydrogen-bond acceptors (Lipinski definition) is 8. The molecule has 2 aromatic carbocycles. The zero-order valence-electron chi connectivity index (χ0n) is 19.1. The molecule has 13 heteroatoms. The molecule has 0 amide bonds. The molecule has 5 rings (SSSR count). The van der Waals surface area contributed by atoms with Gasteiger partial charge >= 0.3 is 5.97 Å². The maximum Gasteiger partial charge on any atom is 0.338 e. The van der Waals surface area contributed by atoms with E-state index in [9.17, 15) is 32.6 Å². The number of hydrogen-bond donors (Lipinski definition) is 2. The third-order valence-electron chi connectivity index (χ3n) is 6.41. The van der Waals surface area contributed by atoms with Crippen LogP contribution >= 0.6 is 0 Å². The molecule has 1 spiro atoms. The van der Waals surface area contributed by atoms with Gasteiger partial charge in [0.2, 0.25) is 5.79 Å². The molecule has 0 saturated carbocycles. The van der Waals surface area contributed by atoms with Crippen LogP contribution in [0.25, 0.3) is 11.3 Å². The fourth-order valence-corrected chi connectivity index (χ4v) is 4.66. The lowest BCUT2D eigenvalue weighted by Crippen LogP contribution is -2.63. The first-order chi connectivity index (χ1) is 17.7. The Morgan fingerprint density at radius 2 is 1.95 bits per heavy atom. The van der Waals surface area contributed by atoms with Crippen molar-refractivity contribution in [2.24, 2.45) is 0 Å². The van der Waals surface area contributed by atoms with Crippen molar-refractivity contribution in [3.8, 4) is 11.3 Å². The van der Waals surface area contributed by atoms with Gasteiger partial charge in [-0.3, -0.25) is 0 Å². The summed E-state index contributed by atoms with van der Waals surface area (Å²) in [5.74, 6) is -7.71. The van der Waals surface area contributed by atoms with Crippen molar-refractivity contribution in [2.45, 2.75) is 43.0 Å². The molecule has 0 bridgehead atoms. The van der Waals surface area contributed by atoms with Gasteiger partial charge in [-0.15, -0.1) is 5.10 Å². The smallest absolute Gasteiger partial charge is 0.338 e. The molecular weight excluding hydrogens is 502 g/mol. The Bertz CT molecular complexity index is 1290. The van der Waals surface area contributed by atoms with E-state index >= 15 is 0 Å². The molecule has 5 atom stereocenters. The fraction of sp³-hybridized carbons (Fsp3) is 0.375. The summed E-state index contributed by atoms with van der Waals surface area (Å²) in [7, 11) is 0. The van der Waals surface area contributed by atoms with Crippen molar-refractivity contribution in [3.63, 3.8) is 0 Å². The first-order valence-corrected chi connectivity index (χ1v) is 11.4. The molecule has 1 aromatic heterocycles. The summed E-state index contributed by atoms with van der Waals surface area (Å²) < 4.78 is 73.2. The van der Waals surface area contributed by atoms with Gasteiger partial charge in [0.05, 0.1) is 25.0 Å². The van der Waals surface area contributed by atoms with Crippen LogP contribution in [0.1, 0.15) is 29.2 Å². The number of carbonyl (C=O) groups is 1. The number of aromatic nitrogens is 3. The van der Waals surface area contributed by atoms with E-state index in [0.29, 0.717) is 6.42 Å². The lowest BCUT2D eigenvalue weighted by atomic mass is 9.88. The van der Waals surface area contributed by atoms with Crippen molar-refractivity contribution < 1.29 is 46.8 Å². The average molecular weight is 523 g/mol. The predicted molar refractivity (Wildman–Crippen MR) is 116 cm³/mol. The van der Waals surface area contributed by atoms with Gasteiger partial charge in [0.15, 0.2) is 23.6 Å². The molecular formula is C24H21F4N3O6. The van der Waals surface area contributed by atoms with Crippen LogP contribution in [0.4, 0.5) is 17.6 Å². The summed E-state index contributed by atoms with van der Waals surface area (Å²) >= 11 is 0. The number of benzene rings is 2. The second-order valence-electron chi connectivity index (χ2n) is 8.76. The van der Waals surface area contributed by atoms with E-state index in [1.165, 1.54) is 18.3 Å². The Labute approximate surface area is 207 Å². The van der Waals surface area contributed by atoms with Crippen LogP contribution in [0.2, 0.25) is 0 Å². The Balaban J connectivity index is 1.55. The molecule has 0 unspecified atom stereocenters. The molecule has 37 heavy (non-hydrogen) atoms. The topological polar surface area (TPSA) is 116 Å². The van der Waals surface area contributed by atoms with Gasteiger partial charge in [0.25, 0.3) is 0 Å². The Morgan fingerprint density at radius 3 is 2.59 bits per heavy atom. The monoisotopic (exact) mass is 523 g/mol. The van der Waals surface area contributed by atoms with Crippen molar-refractivity contribution in [3.05, 3.63) is 71.4 Å². The predicted octanol–water partition coefficient (Wildman–Crippen LogP) is 2.53. The maximum atomic E-state index is 13.8. The highest BCUT2D eigenvalue weighted by Gasteiger charge is 2.59. The minimum absolute atomic E-state index is 0.0753. The number of nitrogens with zero attached hydrogens (tertiary/aromatic N) is 3. The summed E-state index contributed by atoms with van der Waals surface area (Å²) in [6.45, 7) is -0.394. The second kappa shape index (κ2) is 9.82. The van der Waals surface area contributed by atoms with Gasteiger partial charge in [0, 0.05) is 12.0 Å². The summed E-state index contributed by atoms with van der Waals surface area (Å²) in [6, 6.07) is 4.99. The van der Waals surface area contributed by atoms with Crippen molar-refractivity contribution in [1.82, 2.24) is 15.0 Å². The maximum absolute atomic E-state index is 13.8. The largest absolute Gasteiger partial charge is 0.451 e. The van der Waals surface area contributed by atoms with Crippen LogP contribution in [0.3, 0.4) is 0 Å². The standard InChI is InChI=1S/C24H21F4N3O6/c25-14-4-1-3-12(7-14)23(34)36-22-20(21(33)18(11-32)37-24(22)5-2-6-35-24)31-10-17(29-30-31)13-8-15(26)19(28)16(27)9-13/h1,3-4,7-10,18,20-22,32-33H,2,5-6,11H2/t18-,20+,21+,22-,24+/m1/s1. The highest BCUT2D eigenvalue weighted by molar-refractivity contribution is 5.89. The molecule has 3 aromatic rings. The second-order valence-corrected chi connectivity index (χ2v) is 8.76. The van der Waals surface area contributed by atoms with E-state index in [4.69, 9.17) is 14.2 Å². The van der Waals surface area contributed by atoms with Crippen LogP contribution in [0.15, 0.2) is 42.6 Å². The molecule has 196 valence electrons. The van der Waals surface area contributed by atoms with E-state index in [1.54, 1.807) is 0 Å². The van der Waals surface area contributed by atoms with Crippen LogP contribution in [-0.2, 0) is 14.2 Å². The third kappa shape index (κ3) is 4.59. The number of carbonyl (C=O) groups excluding carboxylic acids is 1. The van der Waals surface area contributed by atoms with Gasteiger partial charge in [-0.2, -0.15) is 0 Å². The van der Waals surface area contributed by atoms with Crippen LogP contribution < -0.4 is 0 Å². The SMILES string of the molecule is O=C(O[C@@H]1[C@@H](n2cc(-c3cc(F)c(F)c(F)c3)nn2)[C@@H](O)[C@@H](CO)O[C@@]12CCCO2)c1cccc(F)c1. The van der Waals surface area contributed by atoms with E-state index in [0.717, 1.165) is 28.9 Å². The number of rotatable bonds is 5. The van der Waals surface area contributed by atoms with Crippen LogP contribution in [0.5, 0.6) is 0 Å². The lowest BCUT2D eigenvalue weighted by molar-refractivity contribution is -0.337. The lowest BCUT2D eigenvalue weighted by Gasteiger charge is -2.48. The van der Waals surface area contributed by atoms with Crippen molar-refractivity contribution >= 4 is 5.97 Å². The Hall–Kier alpha value is -3.39. The van der Waals surface area contributed by atoms with E-state index in [-0.39, 0.29) is 29.8 Å². The Morgan fingerprint density at radius 1 is 1.19 bits per heavy atom. The first-order valence-electron chi connectivity index (χ1n) is 11.4. The van der Waals surface area contributed by atoms with E-state index in [1.807, 2.05) is 0 Å². The fourth-order valence-electron chi connectivity index (χ4n) is 4.66. The third-order valence-corrected chi connectivity index (χ3v) is 6.41. The highest BCUT2D eigenvalue weighted by Crippen LogP contribution is 2.45. The first kappa shape index (κ1) is 25.3. The average Bonchev–Trinajstić information content (AvgIpc) is 3.55. The van der Waals surface area contributed by atoms with Crippen LogP contribution in [0, 0.1) is 23.3 Å². The summed E-state index contributed by atoms with van der Waals surface area (Å²) in [5, 5.41) is 28.8. The van der Waals surface area contributed by atoms with Gasteiger partial charge in [-0.25, -0.2) is 27.0 Å². The summed E-state index contributed by atoms with van der Waals surface area (Å²) in [5.41, 5.74) is -0.320. The van der Waals surface area contributed by atoms with E-state index < -0.39 is 66.0 Å². The van der Waals surface area contributed by atoms with Crippen LogP contribution in [-0.4, -0.2) is 68.5 Å².